The van der Waals surface area contributed by atoms with Gasteiger partial charge in [-0.05, 0) is 37.5 Å². The molecule has 0 aromatic carbocycles. The van der Waals surface area contributed by atoms with Gasteiger partial charge in [0.2, 0.25) is 5.91 Å². The highest BCUT2D eigenvalue weighted by Gasteiger charge is 2.28. The molecular weight excluding hydrogens is 200 g/mol. The first-order valence-electron chi connectivity index (χ1n) is 6.50. The van der Waals surface area contributed by atoms with Crippen molar-refractivity contribution >= 4 is 5.91 Å². The lowest BCUT2D eigenvalue weighted by Crippen LogP contribution is -2.47. The van der Waals surface area contributed by atoms with Crippen molar-refractivity contribution in [2.45, 2.75) is 71.4 Å². The van der Waals surface area contributed by atoms with Gasteiger partial charge < -0.3 is 11.1 Å². The van der Waals surface area contributed by atoms with Crippen LogP contribution in [0, 0.1) is 5.41 Å². The zero-order valence-corrected chi connectivity index (χ0v) is 10.9. The van der Waals surface area contributed by atoms with E-state index in [0.29, 0.717) is 11.5 Å². The van der Waals surface area contributed by atoms with Crippen LogP contribution in [0.15, 0.2) is 0 Å². The zero-order chi connectivity index (χ0) is 12.2. The Bertz CT molecular complexity index is 228. The lowest BCUT2D eigenvalue weighted by atomic mass is 9.75. The summed E-state index contributed by atoms with van der Waals surface area (Å²) in [6.45, 7) is 6.65. The predicted octanol–water partition coefficient (Wildman–Crippen LogP) is 2.20. The van der Waals surface area contributed by atoms with E-state index in [1.54, 1.807) is 0 Å². The first-order valence-corrected chi connectivity index (χ1v) is 6.50. The summed E-state index contributed by atoms with van der Waals surface area (Å²) >= 11 is 0. The molecule has 1 rings (SSSR count). The molecule has 3 nitrogen and oxygen atoms in total. The van der Waals surface area contributed by atoms with Crippen LogP contribution in [0.5, 0.6) is 0 Å². The molecule has 1 aliphatic carbocycles. The van der Waals surface area contributed by atoms with Gasteiger partial charge in [-0.2, -0.15) is 0 Å². The molecule has 0 aromatic heterocycles. The van der Waals surface area contributed by atoms with Gasteiger partial charge in [-0.3, -0.25) is 4.79 Å². The fourth-order valence-electron chi connectivity index (χ4n) is 2.29. The largest absolute Gasteiger partial charge is 0.352 e. The maximum absolute atomic E-state index is 11.7. The van der Waals surface area contributed by atoms with Gasteiger partial charge in [0.25, 0.3) is 0 Å². The van der Waals surface area contributed by atoms with Crippen LogP contribution < -0.4 is 11.1 Å². The molecule has 1 fully saturated rings. The van der Waals surface area contributed by atoms with Crippen LogP contribution in [0.4, 0.5) is 0 Å². The number of carbonyl (C=O) groups excluding carboxylic acids is 1. The highest BCUT2D eigenvalue weighted by molar-refractivity contribution is 5.81. The van der Waals surface area contributed by atoms with E-state index in [0.717, 1.165) is 25.7 Å². The Balaban J connectivity index is 2.31. The van der Waals surface area contributed by atoms with E-state index in [2.05, 4.69) is 26.1 Å². The average Bonchev–Trinajstić information content (AvgIpc) is 2.21. The minimum Gasteiger partial charge on any atom is -0.352 e. The van der Waals surface area contributed by atoms with Crippen molar-refractivity contribution in [1.82, 2.24) is 5.32 Å². The van der Waals surface area contributed by atoms with Crippen LogP contribution in [-0.4, -0.2) is 18.0 Å². The van der Waals surface area contributed by atoms with Gasteiger partial charge in [-0.25, -0.2) is 0 Å². The van der Waals surface area contributed by atoms with E-state index in [1.165, 1.54) is 12.8 Å². The Kier molecular flexibility index (Phi) is 4.78. The van der Waals surface area contributed by atoms with Crippen molar-refractivity contribution in [3.63, 3.8) is 0 Å². The van der Waals surface area contributed by atoms with Gasteiger partial charge in [-0.1, -0.05) is 27.2 Å². The van der Waals surface area contributed by atoms with Crippen LogP contribution in [-0.2, 0) is 4.79 Å². The molecule has 0 aliphatic heterocycles. The van der Waals surface area contributed by atoms with Gasteiger partial charge in [0.05, 0.1) is 6.04 Å². The van der Waals surface area contributed by atoms with E-state index in [9.17, 15) is 4.79 Å². The maximum Gasteiger partial charge on any atom is 0.237 e. The molecule has 94 valence electrons. The third-order valence-electron chi connectivity index (χ3n) is 3.62. The minimum absolute atomic E-state index is 0.0338. The molecular formula is C13H26N2O. The predicted molar refractivity (Wildman–Crippen MR) is 67.1 cm³/mol. The second-order valence-electron chi connectivity index (χ2n) is 5.84. The van der Waals surface area contributed by atoms with Crippen molar-refractivity contribution in [1.29, 1.82) is 0 Å². The summed E-state index contributed by atoms with van der Waals surface area (Å²) in [5, 5.41) is 3.08. The number of carbonyl (C=O) groups is 1. The first kappa shape index (κ1) is 13.5. The number of nitrogens with two attached hydrogens (primary N) is 1. The van der Waals surface area contributed by atoms with E-state index in [-0.39, 0.29) is 11.9 Å². The highest BCUT2D eigenvalue weighted by atomic mass is 16.2. The molecule has 0 radical (unpaired) electrons. The summed E-state index contributed by atoms with van der Waals surface area (Å²) in [6, 6.07) is 0.0309. The minimum atomic E-state index is -0.320. The Morgan fingerprint density at radius 1 is 1.44 bits per heavy atom. The van der Waals surface area contributed by atoms with Crippen molar-refractivity contribution in [3.05, 3.63) is 0 Å². The third-order valence-corrected chi connectivity index (χ3v) is 3.62. The lowest BCUT2D eigenvalue weighted by molar-refractivity contribution is -0.123. The number of hydrogen-bond acceptors (Lipinski definition) is 2. The second kappa shape index (κ2) is 5.67. The summed E-state index contributed by atoms with van der Waals surface area (Å²) in [5.74, 6) is 0.0338. The molecule has 0 saturated heterocycles. The summed E-state index contributed by atoms with van der Waals surface area (Å²) in [5.41, 5.74) is 6.24. The fourth-order valence-corrected chi connectivity index (χ4v) is 2.29. The van der Waals surface area contributed by atoms with Crippen molar-refractivity contribution in [2.75, 3.05) is 0 Å². The standard InChI is InChI=1S/C13H26N2O/c1-4-5-11(14)12(16)15-10-6-8-13(2,3)9-7-10/h10-11H,4-9,14H2,1-3H3,(H,15,16)/t11-/m0/s1. The number of hydrogen-bond donors (Lipinski definition) is 2. The van der Waals surface area contributed by atoms with E-state index >= 15 is 0 Å². The normalized spacial score (nSPS) is 22.8. The molecule has 3 heteroatoms. The topological polar surface area (TPSA) is 55.1 Å². The molecule has 0 unspecified atom stereocenters. The number of rotatable bonds is 4. The van der Waals surface area contributed by atoms with Crippen LogP contribution in [0.3, 0.4) is 0 Å². The SMILES string of the molecule is CCC[C@H](N)C(=O)NC1CCC(C)(C)CC1. The van der Waals surface area contributed by atoms with Gasteiger partial charge in [-0.15, -0.1) is 0 Å². The highest BCUT2D eigenvalue weighted by Crippen LogP contribution is 2.34. The molecule has 0 spiro atoms. The first-order chi connectivity index (χ1) is 7.44. The molecule has 0 heterocycles. The fraction of sp³-hybridized carbons (Fsp3) is 0.923. The Morgan fingerprint density at radius 2 is 2.00 bits per heavy atom. The Hall–Kier alpha value is -0.570. The summed E-state index contributed by atoms with van der Waals surface area (Å²) in [4.78, 5) is 11.7. The number of amides is 1. The van der Waals surface area contributed by atoms with Gasteiger partial charge in [0.1, 0.15) is 0 Å². The Labute approximate surface area is 99.2 Å². The zero-order valence-electron chi connectivity index (χ0n) is 10.9. The molecule has 1 atom stereocenters. The van der Waals surface area contributed by atoms with E-state index < -0.39 is 0 Å². The van der Waals surface area contributed by atoms with Crippen LogP contribution in [0.1, 0.15) is 59.3 Å². The molecule has 0 aromatic rings. The van der Waals surface area contributed by atoms with E-state index in [1.807, 2.05) is 0 Å². The van der Waals surface area contributed by atoms with Crippen molar-refractivity contribution in [2.24, 2.45) is 11.1 Å². The average molecular weight is 226 g/mol. The van der Waals surface area contributed by atoms with Gasteiger partial charge >= 0.3 is 0 Å². The maximum atomic E-state index is 11.7. The number of nitrogens with one attached hydrogen (secondary N) is 1. The monoisotopic (exact) mass is 226 g/mol. The third kappa shape index (κ3) is 4.12. The smallest absolute Gasteiger partial charge is 0.237 e. The Morgan fingerprint density at radius 3 is 2.50 bits per heavy atom. The van der Waals surface area contributed by atoms with E-state index in [4.69, 9.17) is 5.73 Å². The van der Waals surface area contributed by atoms with Crippen LogP contribution >= 0.6 is 0 Å². The molecule has 1 saturated carbocycles. The van der Waals surface area contributed by atoms with Crippen molar-refractivity contribution in [3.8, 4) is 0 Å². The van der Waals surface area contributed by atoms with Crippen LogP contribution in [0.25, 0.3) is 0 Å². The molecule has 0 bridgehead atoms. The quantitative estimate of drug-likeness (QED) is 0.772. The summed E-state index contributed by atoms with van der Waals surface area (Å²) in [6.07, 6.45) is 6.33. The van der Waals surface area contributed by atoms with Gasteiger partial charge in [0.15, 0.2) is 0 Å². The summed E-state index contributed by atoms with van der Waals surface area (Å²) < 4.78 is 0. The molecule has 1 aliphatic rings. The van der Waals surface area contributed by atoms with Gasteiger partial charge in [0, 0.05) is 6.04 Å². The van der Waals surface area contributed by atoms with Crippen molar-refractivity contribution < 1.29 is 4.79 Å². The molecule has 3 N–H and O–H groups in total. The second-order valence-corrected chi connectivity index (χ2v) is 5.84. The van der Waals surface area contributed by atoms with Crippen LogP contribution in [0.2, 0.25) is 0 Å². The molecule has 16 heavy (non-hydrogen) atoms. The summed E-state index contributed by atoms with van der Waals surface area (Å²) in [7, 11) is 0. The molecule has 1 amide bonds. The lowest BCUT2D eigenvalue weighted by Gasteiger charge is -2.35.